The smallest absolute Gasteiger partial charge is 0.338 e. The quantitative estimate of drug-likeness (QED) is 0.411. The first-order valence-electron chi connectivity index (χ1n) is 11.1. The van der Waals surface area contributed by atoms with E-state index in [0.29, 0.717) is 30.2 Å². The summed E-state index contributed by atoms with van der Waals surface area (Å²) in [7, 11) is 1.55. The number of carbonyl (C=O) groups excluding carboxylic acids is 3. The highest BCUT2D eigenvalue weighted by molar-refractivity contribution is 5.92. The Morgan fingerprint density at radius 2 is 1.60 bits per heavy atom. The number of methoxy groups -OCH3 is 1. The van der Waals surface area contributed by atoms with Crippen LogP contribution in [0.15, 0.2) is 72.8 Å². The van der Waals surface area contributed by atoms with Crippen molar-refractivity contribution in [3.05, 3.63) is 89.5 Å². The third-order valence-corrected chi connectivity index (χ3v) is 5.13. The van der Waals surface area contributed by atoms with Crippen molar-refractivity contribution in [3.63, 3.8) is 0 Å². The molecule has 0 spiro atoms. The number of anilines is 1. The van der Waals surface area contributed by atoms with Gasteiger partial charge in [0.05, 0.1) is 12.7 Å². The second kappa shape index (κ2) is 12.8. The van der Waals surface area contributed by atoms with Crippen molar-refractivity contribution in [3.8, 4) is 11.5 Å². The number of benzene rings is 3. The largest absolute Gasteiger partial charge is 0.497 e. The molecule has 182 valence electrons. The second-order valence-electron chi connectivity index (χ2n) is 7.70. The Morgan fingerprint density at radius 1 is 0.829 bits per heavy atom. The molecule has 0 fully saturated rings. The van der Waals surface area contributed by atoms with Gasteiger partial charge in [-0.25, -0.2) is 4.79 Å². The Labute approximate surface area is 204 Å². The van der Waals surface area contributed by atoms with Crippen LogP contribution in [0.1, 0.15) is 21.5 Å². The van der Waals surface area contributed by atoms with Crippen LogP contribution in [0, 0.1) is 6.92 Å². The lowest BCUT2D eigenvalue weighted by atomic mass is 10.1. The molecule has 2 amide bonds. The third-order valence-electron chi connectivity index (χ3n) is 5.13. The SMILES string of the molecule is COc1cccc(NC(=O)COc2ccc(C(=O)OCC(=O)NCCc3ccccc3C)cc2)c1. The molecule has 0 unspecified atom stereocenters. The summed E-state index contributed by atoms with van der Waals surface area (Å²) in [6, 6.07) is 21.1. The molecule has 0 saturated heterocycles. The third kappa shape index (κ3) is 8.19. The number of amides is 2. The van der Waals surface area contributed by atoms with Gasteiger partial charge in [0.1, 0.15) is 11.5 Å². The molecule has 3 aromatic carbocycles. The summed E-state index contributed by atoms with van der Waals surface area (Å²) in [4.78, 5) is 36.3. The van der Waals surface area contributed by atoms with E-state index in [1.807, 2.05) is 31.2 Å². The molecule has 3 rings (SSSR count). The van der Waals surface area contributed by atoms with Gasteiger partial charge in [-0.3, -0.25) is 9.59 Å². The molecule has 0 heterocycles. The molecule has 0 radical (unpaired) electrons. The predicted octanol–water partition coefficient (Wildman–Crippen LogP) is 3.54. The average molecular weight is 477 g/mol. The molecule has 0 aliphatic heterocycles. The van der Waals surface area contributed by atoms with E-state index >= 15 is 0 Å². The first kappa shape index (κ1) is 25.3. The van der Waals surface area contributed by atoms with Crippen molar-refractivity contribution in [2.45, 2.75) is 13.3 Å². The first-order chi connectivity index (χ1) is 16.9. The van der Waals surface area contributed by atoms with Gasteiger partial charge >= 0.3 is 5.97 Å². The number of aryl methyl sites for hydroxylation is 1. The molecular formula is C27H28N2O6. The molecule has 0 bridgehead atoms. The van der Waals surface area contributed by atoms with Gasteiger partial charge in [-0.1, -0.05) is 30.3 Å². The van der Waals surface area contributed by atoms with Crippen molar-refractivity contribution in [1.82, 2.24) is 5.32 Å². The van der Waals surface area contributed by atoms with E-state index in [4.69, 9.17) is 14.2 Å². The maximum absolute atomic E-state index is 12.2. The first-order valence-corrected chi connectivity index (χ1v) is 11.1. The number of nitrogens with one attached hydrogen (secondary N) is 2. The van der Waals surface area contributed by atoms with Crippen LogP contribution in [0.4, 0.5) is 5.69 Å². The van der Waals surface area contributed by atoms with Crippen LogP contribution >= 0.6 is 0 Å². The van der Waals surface area contributed by atoms with Crippen molar-refractivity contribution in [2.24, 2.45) is 0 Å². The lowest BCUT2D eigenvalue weighted by Crippen LogP contribution is -2.30. The van der Waals surface area contributed by atoms with E-state index < -0.39 is 5.97 Å². The van der Waals surface area contributed by atoms with Gasteiger partial charge in [0.25, 0.3) is 11.8 Å². The van der Waals surface area contributed by atoms with E-state index in [-0.39, 0.29) is 30.6 Å². The van der Waals surface area contributed by atoms with Crippen LogP contribution in [0.3, 0.4) is 0 Å². The zero-order chi connectivity index (χ0) is 25.0. The number of ether oxygens (including phenoxy) is 3. The van der Waals surface area contributed by atoms with Crippen LogP contribution in [-0.4, -0.2) is 44.7 Å². The molecule has 8 heteroatoms. The van der Waals surface area contributed by atoms with Crippen LogP contribution in [-0.2, 0) is 20.7 Å². The maximum Gasteiger partial charge on any atom is 0.338 e. The lowest BCUT2D eigenvalue weighted by molar-refractivity contribution is -0.124. The summed E-state index contributed by atoms with van der Waals surface area (Å²) in [5.41, 5.74) is 3.18. The fourth-order valence-corrected chi connectivity index (χ4v) is 3.23. The number of esters is 1. The minimum atomic E-state index is -0.624. The zero-order valence-electron chi connectivity index (χ0n) is 19.7. The van der Waals surface area contributed by atoms with Gasteiger partial charge in [0, 0.05) is 18.3 Å². The van der Waals surface area contributed by atoms with Gasteiger partial charge in [-0.2, -0.15) is 0 Å². The number of hydrogen-bond acceptors (Lipinski definition) is 6. The standard InChI is InChI=1S/C27H28N2O6/c1-19-6-3-4-7-20(19)14-15-28-25(30)17-35-27(32)21-10-12-23(13-11-21)34-18-26(31)29-22-8-5-9-24(16-22)33-2/h3-13,16H,14-15,17-18H2,1-2H3,(H,28,30)(H,29,31). The molecule has 0 aliphatic rings. The molecule has 3 aromatic rings. The molecule has 8 nitrogen and oxygen atoms in total. The predicted molar refractivity (Wildman–Crippen MR) is 132 cm³/mol. The molecule has 0 aromatic heterocycles. The van der Waals surface area contributed by atoms with Gasteiger partial charge in [-0.05, 0) is 60.9 Å². The minimum absolute atomic E-state index is 0.205. The Balaban J connectivity index is 1.37. The summed E-state index contributed by atoms with van der Waals surface area (Å²) in [6.45, 7) is 1.91. The molecule has 0 aliphatic carbocycles. The Bertz CT molecular complexity index is 1160. The highest BCUT2D eigenvalue weighted by atomic mass is 16.5. The Morgan fingerprint density at radius 3 is 2.34 bits per heavy atom. The van der Waals surface area contributed by atoms with Crippen LogP contribution < -0.4 is 20.1 Å². The van der Waals surface area contributed by atoms with E-state index in [1.54, 1.807) is 43.5 Å². The molecule has 0 saturated carbocycles. The van der Waals surface area contributed by atoms with E-state index in [1.165, 1.54) is 12.1 Å². The molecule has 35 heavy (non-hydrogen) atoms. The molecule has 2 N–H and O–H groups in total. The summed E-state index contributed by atoms with van der Waals surface area (Å²) in [5.74, 6) is -0.285. The molecule has 0 atom stereocenters. The number of carbonyl (C=O) groups is 3. The van der Waals surface area contributed by atoms with Crippen molar-refractivity contribution < 1.29 is 28.6 Å². The molecular weight excluding hydrogens is 448 g/mol. The fraction of sp³-hybridized carbons (Fsp3) is 0.222. The highest BCUT2D eigenvalue weighted by Crippen LogP contribution is 2.17. The van der Waals surface area contributed by atoms with E-state index in [0.717, 1.165) is 11.1 Å². The monoisotopic (exact) mass is 476 g/mol. The Kier molecular flexibility index (Phi) is 9.24. The van der Waals surface area contributed by atoms with Crippen LogP contribution in [0.25, 0.3) is 0 Å². The second-order valence-corrected chi connectivity index (χ2v) is 7.70. The highest BCUT2D eigenvalue weighted by Gasteiger charge is 2.11. The minimum Gasteiger partial charge on any atom is -0.497 e. The van der Waals surface area contributed by atoms with Gasteiger partial charge in [0.2, 0.25) is 0 Å². The Hall–Kier alpha value is -4.33. The summed E-state index contributed by atoms with van der Waals surface area (Å²) < 4.78 is 15.7. The van der Waals surface area contributed by atoms with Gasteiger partial charge < -0.3 is 24.8 Å². The van der Waals surface area contributed by atoms with E-state index in [9.17, 15) is 14.4 Å². The topological polar surface area (TPSA) is 103 Å². The van der Waals surface area contributed by atoms with Crippen LogP contribution in [0.5, 0.6) is 11.5 Å². The zero-order valence-corrected chi connectivity index (χ0v) is 19.7. The normalized spacial score (nSPS) is 10.2. The van der Waals surface area contributed by atoms with Gasteiger partial charge in [0.15, 0.2) is 13.2 Å². The van der Waals surface area contributed by atoms with Gasteiger partial charge in [-0.15, -0.1) is 0 Å². The van der Waals surface area contributed by atoms with Crippen molar-refractivity contribution in [1.29, 1.82) is 0 Å². The fourth-order valence-electron chi connectivity index (χ4n) is 3.23. The van der Waals surface area contributed by atoms with Crippen molar-refractivity contribution in [2.75, 3.05) is 32.2 Å². The van der Waals surface area contributed by atoms with Crippen LogP contribution in [0.2, 0.25) is 0 Å². The lowest BCUT2D eigenvalue weighted by Gasteiger charge is -2.10. The summed E-state index contributed by atoms with van der Waals surface area (Å²) in [5, 5.41) is 5.46. The maximum atomic E-state index is 12.2. The summed E-state index contributed by atoms with van der Waals surface area (Å²) >= 11 is 0. The number of rotatable bonds is 11. The number of hydrogen-bond donors (Lipinski definition) is 2. The van der Waals surface area contributed by atoms with Crippen molar-refractivity contribution >= 4 is 23.5 Å². The summed E-state index contributed by atoms with van der Waals surface area (Å²) in [6.07, 6.45) is 0.700. The average Bonchev–Trinajstić information content (AvgIpc) is 2.87. The van der Waals surface area contributed by atoms with E-state index in [2.05, 4.69) is 10.6 Å².